The highest BCUT2D eigenvalue weighted by Gasteiger charge is 2.44. The third-order valence-corrected chi connectivity index (χ3v) is 4.07. The molecule has 1 aliphatic heterocycles. The van der Waals surface area contributed by atoms with Gasteiger partial charge in [0.1, 0.15) is 5.82 Å². The number of hydrogen-bond acceptors (Lipinski definition) is 4. The SMILES string of the molecule is CN(Cc1ccc(F)cc1)CN1C(=O)C(=O)N(Cc2ccccc2)C1=O. The van der Waals surface area contributed by atoms with Crippen LogP contribution in [0.4, 0.5) is 9.18 Å². The van der Waals surface area contributed by atoms with Gasteiger partial charge in [-0.25, -0.2) is 14.1 Å². The first-order valence-electron chi connectivity index (χ1n) is 8.10. The van der Waals surface area contributed by atoms with Crippen LogP contribution in [0.15, 0.2) is 54.6 Å². The van der Waals surface area contributed by atoms with E-state index in [1.807, 2.05) is 6.07 Å². The molecule has 0 N–H and O–H groups in total. The predicted octanol–water partition coefficient (Wildman–Crippen LogP) is 2.21. The summed E-state index contributed by atoms with van der Waals surface area (Å²) in [5, 5.41) is 0. The lowest BCUT2D eigenvalue weighted by Crippen LogP contribution is -2.40. The molecule has 26 heavy (non-hydrogen) atoms. The van der Waals surface area contributed by atoms with Gasteiger partial charge in [0.05, 0.1) is 13.2 Å². The highest BCUT2D eigenvalue weighted by molar-refractivity contribution is 6.44. The maximum atomic E-state index is 13.0. The normalized spacial score (nSPS) is 14.7. The molecule has 0 unspecified atom stereocenters. The van der Waals surface area contributed by atoms with Gasteiger partial charge in [0.15, 0.2) is 0 Å². The number of benzene rings is 2. The van der Waals surface area contributed by atoms with Crippen molar-refractivity contribution < 1.29 is 18.8 Å². The summed E-state index contributed by atoms with van der Waals surface area (Å²) in [6.07, 6.45) is 0. The Morgan fingerprint density at radius 3 is 2.12 bits per heavy atom. The Morgan fingerprint density at radius 2 is 1.46 bits per heavy atom. The summed E-state index contributed by atoms with van der Waals surface area (Å²) < 4.78 is 13.0. The molecule has 0 aliphatic carbocycles. The molecule has 1 saturated heterocycles. The standard InChI is InChI=1S/C19H18FN3O3/c1-21(11-15-7-9-16(20)10-8-15)13-23-18(25)17(24)22(19(23)26)12-14-5-3-2-4-6-14/h2-10H,11-13H2,1H3. The molecule has 0 bridgehead atoms. The van der Waals surface area contributed by atoms with Crippen LogP contribution in [0.5, 0.6) is 0 Å². The van der Waals surface area contributed by atoms with Crippen molar-refractivity contribution in [1.82, 2.24) is 14.7 Å². The third-order valence-electron chi connectivity index (χ3n) is 4.07. The Labute approximate surface area is 150 Å². The number of halogens is 1. The maximum Gasteiger partial charge on any atom is 0.335 e. The molecule has 0 atom stereocenters. The number of amides is 4. The molecule has 1 fully saturated rings. The molecule has 0 spiro atoms. The second-order valence-electron chi connectivity index (χ2n) is 6.17. The summed E-state index contributed by atoms with van der Waals surface area (Å²) >= 11 is 0. The number of imide groups is 2. The van der Waals surface area contributed by atoms with Crippen molar-refractivity contribution in [2.24, 2.45) is 0 Å². The predicted molar refractivity (Wildman–Crippen MR) is 92.0 cm³/mol. The maximum absolute atomic E-state index is 13.0. The van der Waals surface area contributed by atoms with Crippen molar-refractivity contribution in [2.75, 3.05) is 13.7 Å². The van der Waals surface area contributed by atoms with E-state index in [0.717, 1.165) is 20.9 Å². The molecular weight excluding hydrogens is 337 g/mol. The highest BCUT2D eigenvalue weighted by atomic mass is 19.1. The number of rotatable bonds is 6. The minimum Gasteiger partial charge on any atom is -0.284 e. The largest absolute Gasteiger partial charge is 0.335 e. The Morgan fingerprint density at radius 1 is 0.846 bits per heavy atom. The Kier molecular flexibility index (Phi) is 5.09. The number of nitrogens with zero attached hydrogens (tertiary/aromatic N) is 3. The van der Waals surface area contributed by atoms with Gasteiger partial charge in [0.2, 0.25) is 0 Å². The quantitative estimate of drug-likeness (QED) is 0.589. The van der Waals surface area contributed by atoms with Gasteiger partial charge in [-0.15, -0.1) is 0 Å². The smallest absolute Gasteiger partial charge is 0.284 e. The monoisotopic (exact) mass is 355 g/mol. The van der Waals surface area contributed by atoms with Crippen LogP contribution in [0.25, 0.3) is 0 Å². The molecular formula is C19H18FN3O3. The Bertz CT molecular complexity index is 824. The fraction of sp³-hybridized carbons (Fsp3) is 0.211. The van der Waals surface area contributed by atoms with Gasteiger partial charge in [-0.2, -0.15) is 0 Å². The van der Waals surface area contributed by atoms with E-state index in [9.17, 15) is 18.8 Å². The fourth-order valence-electron chi connectivity index (χ4n) is 2.77. The third kappa shape index (κ3) is 3.78. The van der Waals surface area contributed by atoms with Crippen molar-refractivity contribution in [2.45, 2.75) is 13.1 Å². The molecule has 134 valence electrons. The van der Waals surface area contributed by atoms with Crippen LogP contribution in [-0.2, 0) is 22.7 Å². The molecule has 3 rings (SSSR count). The van der Waals surface area contributed by atoms with E-state index in [4.69, 9.17) is 0 Å². The van der Waals surface area contributed by atoms with Crippen molar-refractivity contribution >= 4 is 17.8 Å². The van der Waals surface area contributed by atoms with Crippen molar-refractivity contribution in [3.63, 3.8) is 0 Å². The Hall–Kier alpha value is -3.06. The molecule has 0 radical (unpaired) electrons. The van der Waals surface area contributed by atoms with Crippen LogP contribution in [0.2, 0.25) is 0 Å². The molecule has 1 heterocycles. The van der Waals surface area contributed by atoms with Crippen molar-refractivity contribution in [1.29, 1.82) is 0 Å². The van der Waals surface area contributed by atoms with Crippen LogP contribution in [0.1, 0.15) is 11.1 Å². The van der Waals surface area contributed by atoms with E-state index < -0.39 is 17.8 Å². The van der Waals surface area contributed by atoms with Gasteiger partial charge in [-0.3, -0.25) is 19.4 Å². The van der Waals surface area contributed by atoms with Crippen LogP contribution < -0.4 is 0 Å². The first-order valence-corrected chi connectivity index (χ1v) is 8.10. The van der Waals surface area contributed by atoms with E-state index in [1.54, 1.807) is 48.3 Å². The minimum atomic E-state index is -0.836. The van der Waals surface area contributed by atoms with E-state index >= 15 is 0 Å². The van der Waals surface area contributed by atoms with Crippen molar-refractivity contribution in [3.8, 4) is 0 Å². The summed E-state index contributed by atoms with van der Waals surface area (Å²) in [6.45, 7) is 0.443. The van der Waals surface area contributed by atoms with Crippen LogP contribution in [0, 0.1) is 5.82 Å². The first-order chi connectivity index (χ1) is 12.5. The summed E-state index contributed by atoms with van der Waals surface area (Å²) in [5.74, 6) is -1.99. The van der Waals surface area contributed by atoms with Gasteiger partial charge in [-0.1, -0.05) is 42.5 Å². The molecule has 4 amide bonds. The molecule has 0 aromatic heterocycles. The first kappa shape index (κ1) is 17.8. The van der Waals surface area contributed by atoms with E-state index in [-0.39, 0.29) is 19.0 Å². The zero-order chi connectivity index (χ0) is 18.7. The summed E-state index contributed by atoms with van der Waals surface area (Å²) in [4.78, 5) is 40.4. The molecule has 2 aromatic rings. The highest BCUT2D eigenvalue weighted by Crippen LogP contribution is 2.17. The van der Waals surface area contributed by atoms with Crippen LogP contribution >= 0.6 is 0 Å². The molecule has 1 aliphatic rings. The van der Waals surface area contributed by atoms with Crippen LogP contribution in [0.3, 0.4) is 0 Å². The van der Waals surface area contributed by atoms with Gasteiger partial charge in [-0.05, 0) is 30.3 Å². The number of urea groups is 1. The number of carbonyl (C=O) groups is 3. The molecule has 7 heteroatoms. The minimum absolute atomic E-state index is 0.0218. The van der Waals surface area contributed by atoms with Gasteiger partial charge >= 0.3 is 17.8 Å². The zero-order valence-electron chi connectivity index (χ0n) is 14.3. The van der Waals surface area contributed by atoms with Crippen LogP contribution in [-0.4, -0.2) is 46.3 Å². The molecule has 2 aromatic carbocycles. The lowest BCUT2D eigenvalue weighted by atomic mass is 10.2. The second kappa shape index (κ2) is 7.45. The number of carbonyl (C=O) groups excluding carboxylic acids is 3. The summed E-state index contributed by atoms with van der Waals surface area (Å²) in [6, 6.07) is 14.3. The van der Waals surface area contributed by atoms with Gasteiger partial charge < -0.3 is 0 Å². The van der Waals surface area contributed by atoms with E-state index in [1.165, 1.54) is 12.1 Å². The number of hydrogen-bond donors (Lipinski definition) is 0. The lowest BCUT2D eigenvalue weighted by molar-refractivity contribution is -0.144. The fourth-order valence-corrected chi connectivity index (χ4v) is 2.77. The Balaban J connectivity index is 1.66. The summed E-state index contributed by atoms with van der Waals surface area (Å²) in [7, 11) is 1.72. The van der Waals surface area contributed by atoms with Gasteiger partial charge in [0.25, 0.3) is 0 Å². The van der Waals surface area contributed by atoms with E-state index in [2.05, 4.69) is 0 Å². The second-order valence-corrected chi connectivity index (χ2v) is 6.17. The average molecular weight is 355 g/mol. The van der Waals surface area contributed by atoms with E-state index in [0.29, 0.717) is 6.54 Å². The van der Waals surface area contributed by atoms with Gasteiger partial charge in [0, 0.05) is 6.54 Å². The average Bonchev–Trinajstić information content (AvgIpc) is 2.83. The molecule has 6 nitrogen and oxygen atoms in total. The van der Waals surface area contributed by atoms with Crippen molar-refractivity contribution in [3.05, 3.63) is 71.5 Å². The zero-order valence-corrected chi connectivity index (χ0v) is 14.3. The lowest BCUT2D eigenvalue weighted by Gasteiger charge is -2.22. The molecule has 0 saturated carbocycles. The topological polar surface area (TPSA) is 60.9 Å². The summed E-state index contributed by atoms with van der Waals surface area (Å²) in [5.41, 5.74) is 1.60.